The number of nitrogens with zero attached hydrogens (tertiary/aromatic N) is 1. The van der Waals surface area contributed by atoms with Crippen molar-refractivity contribution in [3.63, 3.8) is 0 Å². The van der Waals surface area contributed by atoms with Gasteiger partial charge in [0.05, 0.1) is 6.10 Å². The normalized spacial score (nSPS) is 19.4. The molecule has 1 N–H and O–H groups in total. The summed E-state index contributed by atoms with van der Waals surface area (Å²) in [5, 5.41) is 9.21. The van der Waals surface area contributed by atoms with Crippen molar-refractivity contribution in [2.24, 2.45) is 0 Å². The number of hydrogen-bond donors (Lipinski definition) is 1. The van der Waals surface area contributed by atoms with Crippen molar-refractivity contribution in [3.05, 3.63) is 34.9 Å². The number of likely N-dealkylation sites (tertiary alicyclic amines) is 1. The lowest BCUT2D eigenvalue weighted by Crippen LogP contribution is -2.31. The molecule has 1 aliphatic heterocycles. The van der Waals surface area contributed by atoms with Crippen molar-refractivity contribution in [3.8, 4) is 0 Å². The zero-order valence-electron chi connectivity index (χ0n) is 9.09. The number of β-amino-alcohol motifs (C(OH)–C–C–N with tert-alkyl or cyclic N) is 1. The van der Waals surface area contributed by atoms with Crippen LogP contribution in [-0.4, -0.2) is 35.1 Å². The molecule has 0 spiro atoms. The van der Waals surface area contributed by atoms with Gasteiger partial charge in [0, 0.05) is 19.2 Å². The van der Waals surface area contributed by atoms with Crippen molar-refractivity contribution >= 4 is 5.91 Å². The van der Waals surface area contributed by atoms with E-state index in [1.54, 1.807) is 0 Å². The van der Waals surface area contributed by atoms with Crippen LogP contribution in [0, 0.1) is 23.3 Å². The van der Waals surface area contributed by atoms with Gasteiger partial charge < -0.3 is 10.0 Å². The van der Waals surface area contributed by atoms with E-state index in [0.717, 1.165) is 4.90 Å². The molecule has 1 saturated heterocycles. The highest BCUT2D eigenvalue weighted by molar-refractivity contribution is 5.95. The van der Waals surface area contributed by atoms with Crippen LogP contribution in [0.5, 0.6) is 0 Å². The molecule has 0 bridgehead atoms. The topological polar surface area (TPSA) is 40.5 Å². The van der Waals surface area contributed by atoms with Crippen LogP contribution in [0.3, 0.4) is 0 Å². The van der Waals surface area contributed by atoms with Crippen LogP contribution in [-0.2, 0) is 0 Å². The summed E-state index contributed by atoms with van der Waals surface area (Å²) in [5.41, 5.74) is -1.26. The fraction of sp³-hybridized carbons (Fsp3) is 0.364. The fourth-order valence-electron chi connectivity index (χ4n) is 1.85. The molecule has 98 valence electrons. The van der Waals surface area contributed by atoms with Gasteiger partial charge >= 0.3 is 0 Å². The number of carbonyl (C=O) groups excluding carboxylic acids is 1. The van der Waals surface area contributed by atoms with E-state index in [4.69, 9.17) is 0 Å². The smallest absolute Gasteiger partial charge is 0.260 e. The summed E-state index contributed by atoms with van der Waals surface area (Å²) >= 11 is 0. The molecule has 2 rings (SSSR count). The van der Waals surface area contributed by atoms with Gasteiger partial charge in [-0.1, -0.05) is 0 Å². The minimum Gasteiger partial charge on any atom is -0.391 e. The van der Waals surface area contributed by atoms with Gasteiger partial charge in [-0.2, -0.15) is 0 Å². The molecule has 0 aromatic heterocycles. The van der Waals surface area contributed by atoms with E-state index in [2.05, 4.69) is 0 Å². The number of amides is 1. The van der Waals surface area contributed by atoms with Crippen LogP contribution in [0.1, 0.15) is 16.8 Å². The summed E-state index contributed by atoms with van der Waals surface area (Å²) in [6, 6.07) is 0.0419. The monoisotopic (exact) mass is 263 g/mol. The summed E-state index contributed by atoms with van der Waals surface area (Å²) in [5.74, 6) is -7.87. The van der Waals surface area contributed by atoms with Gasteiger partial charge in [-0.05, 0) is 6.42 Å². The molecule has 3 nitrogen and oxygen atoms in total. The van der Waals surface area contributed by atoms with Gasteiger partial charge in [0.2, 0.25) is 0 Å². The summed E-state index contributed by atoms with van der Waals surface area (Å²) in [7, 11) is 0. The van der Waals surface area contributed by atoms with E-state index in [1.165, 1.54) is 0 Å². The Hall–Kier alpha value is -1.63. The molecule has 1 amide bonds. The quantitative estimate of drug-likeness (QED) is 0.615. The second-order valence-corrected chi connectivity index (χ2v) is 4.04. The van der Waals surface area contributed by atoms with Crippen molar-refractivity contribution in [1.82, 2.24) is 4.90 Å². The predicted molar refractivity (Wildman–Crippen MR) is 52.8 cm³/mol. The number of carbonyl (C=O) groups is 1. The maximum absolute atomic E-state index is 13.4. The molecule has 1 aliphatic rings. The van der Waals surface area contributed by atoms with E-state index in [0.29, 0.717) is 0 Å². The van der Waals surface area contributed by atoms with E-state index < -0.39 is 40.8 Å². The lowest BCUT2D eigenvalue weighted by Gasteiger charge is -2.16. The molecular weight excluding hydrogens is 254 g/mol. The van der Waals surface area contributed by atoms with Crippen LogP contribution in [0.15, 0.2) is 6.07 Å². The average molecular weight is 263 g/mol. The Kier molecular flexibility index (Phi) is 3.25. The van der Waals surface area contributed by atoms with Crippen LogP contribution in [0.2, 0.25) is 0 Å². The first-order chi connectivity index (χ1) is 8.41. The Balaban J connectivity index is 2.41. The summed E-state index contributed by atoms with van der Waals surface area (Å²) in [6.45, 7) is -0.0349. The van der Waals surface area contributed by atoms with Gasteiger partial charge in [-0.25, -0.2) is 17.6 Å². The molecule has 0 unspecified atom stereocenters. The Morgan fingerprint density at radius 1 is 1.22 bits per heavy atom. The van der Waals surface area contributed by atoms with Crippen molar-refractivity contribution in [2.45, 2.75) is 12.5 Å². The van der Waals surface area contributed by atoms with Gasteiger partial charge in [0.15, 0.2) is 23.3 Å². The van der Waals surface area contributed by atoms with Crippen LogP contribution in [0.25, 0.3) is 0 Å². The highest BCUT2D eigenvalue weighted by Crippen LogP contribution is 2.22. The lowest BCUT2D eigenvalue weighted by atomic mass is 10.1. The van der Waals surface area contributed by atoms with Crippen molar-refractivity contribution < 1.29 is 27.5 Å². The van der Waals surface area contributed by atoms with E-state index in [1.807, 2.05) is 0 Å². The SMILES string of the molecule is O=C(c1c(F)c(F)cc(F)c1F)N1CC[C@@H](O)C1. The van der Waals surface area contributed by atoms with Crippen LogP contribution in [0.4, 0.5) is 17.6 Å². The van der Waals surface area contributed by atoms with E-state index >= 15 is 0 Å². The predicted octanol–water partition coefficient (Wildman–Crippen LogP) is 1.45. The van der Waals surface area contributed by atoms with Gasteiger partial charge in [0.1, 0.15) is 5.56 Å². The maximum Gasteiger partial charge on any atom is 0.260 e. The fourth-order valence-corrected chi connectivity index (χ4v) is 1.85. The minimum absolute atomic E-state index is 0.0419. The van der Waals surface area contributed by atoms with Gasteiger partial charge in [-0.3, -0.25) is 4.79 Å². The minimum atomic E-state index is -1.72. The number of rotatable bonds is 1. The number of aliphatic hydroxyl groups excluding tert-OH is 1. The van der Waals surface area contributed by atoms with Gasteiger partial charge in [0.25, 0.3) is 5.91 Å². The van der Waals surface area contributed by atoms with Crippen molar-refractivity contribution in [1.29, 1.82) is 0 Å². The molecule has 1 heterocycles. The molecule has 18 heavy (non-hydrogen) atoms. The summed E-state index contributed by atoms with van der Waals surface area (Å²) in [6.07, 6.45) is -0.536. The largest absolute Gasteiger partial charge is 0.391 e. The molecule has 1 aromatic rings. The molecule has 0 aliphatic carbocycles. The molecular formula is C11H9F4NO2. The van der Waals surface area contributed by atoms with Crippen LogP contribution >= 0.6 is 0 Å². The number of aliphatic hydroxyl groups is 1. The van der Waals surface area contributed by atoms with E-state index in [9.17, 15) is 27.5 Å². The first kappa shape index (κ1) is 12.8. The summed E-state index contributed by atoms with van der Waals surface area (Å²) < 4.78 is 52.6. The van der Waals surface area contributed by atoms with Gasteiger partial charge in [-0.15, -0.1) is 0 Å². The molecule has 1 aromatic carbocycles. The standard InChI is InChI=1S/C11H9F4NO2/c12-6-3-7(13)10(15)8(9(6)14)11(18)16-2-1-5(17)4-16/h3,5,17H,1-2,4H2/t5-/m1/s1. The molecule has 7 heteroatoms. The third-order valence-corrected chi connectivity index (χ3v) is 2.78. The Labute approximate surface area is 99.6 Å². The first-order valence-corrected chi connectivity index (χ1v) is 5.22. The Morgan fingerprint density at radius 3 is 2.22 bits per heavy atom. The second kappa shape index (κ2) is 4.56. The first-order valence-electron chi connectivity index (χ1n) is 5.22. The van der Waals surface area contributed by atoms with Crippen LogP contribution < -0.4 is 0 Å². The second-order valence-electron chi connectivity index (χ2n) is 4.04. The molecule has 1 fully saturated rings. The van der Waals surface area contributed by atoms with E-state index in [-0.39, 0.29) is 25.6 Å². The number of benzene rings is 1. The lowest BCUT2D eigenvalue weighted by molar-refractivity contribution is 0.0752. The zero-order valence-corrected chi connectivity index (χ0v) is 9.09. The summed E-state index contributed by atoms with van der Waals surface area (Å²) in [4.78, 5) is 12.7. The number of hydrogen-bond acceptors (Lipinski definition) is 2. The zero-order chi connectivity index (χ0) is 13.4. The average Bonchev–Trinajstić information content (AvgIpc) is 2.73. The third kappa shape index (κ3) is 2.05. The molecule has 1 atom stereocenters. The molecule has 0 radical (unpaired) electrons. The van der Waals surface area contributed by atoms with Crippen molar-refractivity contribution in [2.75, 3.05) is 13.1 Å². The maximum atomic E-state index is 13.4. The number of halogens is 4. The third-order valence-electron chi connectivity index (χ3n) is 2.78. The molecule has 0 saturated carbocycles. The Morgan fingerprint density at radius 2 is 1.78 bits per heavy atom. The highest BCUT2D eigenvalue weighted by atomic mass is 19.2. The highest BCUT2D eigenvalue weighted by Gasteiger charge is 2.31. The Bertz CT molecular complexity index is 480.